The van der Waals surface area contributed by atoms with Gasteiger partial charge in [0.15, 0.2) is 24.6 Å². The lowest BCUT2D eigenvalue weighted by Crippen LogP contribution is -2.61. The summed E-state index contributed by atoms with van der Waals surface area (Å²) < 4.78 is 28.3. The van der Waals surface area contributed by atoms with Crippen molar-refractivity contribution in [3.63, 3.8) is 0 Å². The van der Waals surface area contributed by atoms with E-state index in [0.717, 1.165) is 70.6 Å². The van der Waals surface area contributed by atoms with E-state index in [1.807, 2.05) is 18.2 Å². The topological polar surface area (TPSA) is 175 Å². The number of esters is 3. The molecule has 1 aliphatic heterocycles. The molecule has 0 bridgehead atoms. The SMILES string of the molecule is CC/C=C\C/C=C\C/C=C\C/C=C\CCC(=O)OC1C(OCC(COC(=O)CCCCCCCCCCC/C=C\C/C=C\CCCCC)OC(=O)CCCCCCCCCCCCC)OC(C(=O)O)C(O)C1O. The number of allylic oxidation sites excluding steroid dienone is 12. The van der Waals surface area contributed by atoms with Crippen LogP contribution in [0.5, 0.6) is 0 Å². The highest BCUT2D eigenvalue weighted by atomic mass is 16.7. The summed E-state index contributed by atoms with van der Waals surface area (Å²) in [6.07, 6.45) is 49.0. The van der Waals surface area contributed by atoms with Crippen molar-refractivity contribution in [2.24, 2.45) is 0 Å². The van der Waals surface area contributed by atoms with Crippen LogP contribution in [0.4, 0.5) is 0 Å². The van der Waals surface area contributed by atoms with E-state index in [1.54, 1.807) is 0 Å². The first kappa shape index (κ1) is 67.2. The Bertz CT molecular complexity index is 1550. The molecule has 73 heavy (non-hydrogen) atoms. The minimum Gasteiger partial charge on any atom is -0.479 e. The minimum atomic E-state index is -1.93. The van der Waals surface area contributed by atoms with Crippen LogP contribution in [0, 0.1) is 0 Å². The molecule has 6 atom stereocenters. The molecule has 0 amide bonds. The molecule has 0 radical (unpaired) electrons. The largest absolute Gasteiger partial charge is 0.479 e. The van der Waals surface area contributed by atoms with Crippen molar-refractivity contribution >= 4 is 23.9 Å². The Morgan fingerprint density at radius 3 is 1.40 bits per heavy atom. The van der Waals surface area contributed by atoms with Gasteiger partial charge in [0.1, 0.15) is 18.8 Å². The number of aliphatic hydroxyl groups is 2. The highest BCUT2D eigenvalue weighted by molar-refractivity contribution is 5.74. The first-order chi connectivity index (χ1) is 35.6. The predicted octanol–water partition coefficient (Wildman–Crippen LogP) is 14.6. The van der Waals surface area contributed by atoms with Gasteiger partial charge in [-0.2, -0.15) is 0 Å². The lowest BCUT2D eigenvalue weighted by Gasteiger charge is -2.40. The zero-order valence-corrected chi connectivity index (χ0v) is 45.9. The maximum absolute atomic E-state index is 13.1. The third-order valence-corrected chi connectivity index (χ3v) is 12.8. The molecule has 0 aliphatic carbocycles. The van der Waals surface area contributed by atoms with Gasteiger partial charge in [0.2, 0.25) is 0 Å². The minimum absolute atomic E-state index is 0.0614. The Labute approximate surface area is 442 Å². The molecule has 1 fully saturated rings. The summed E-state index contributed by atoms with van der Waals surface area (Å²) in [6, 6.07) is 0. The van der Waals surface area contributed by atoms with Crippen LogP contribution in [0.2, 0.25) is 0 Å². The molecule has 0 aromatic carbocycles. The summed E-state index contributed by atoms with van der Waals surface area (Å²) in [5.74, 6) is -3.23. The highest BCUT2D eigenvalue weighted by Gasteiger charge is 2.50. The number of rotatable bonds is 48. The number of aliphatic hydroxyl groups excluding tert-OH is 2. The summed E-state index contributed by atoms with van der Waals surface area (Å²) in [7, 11) is 0. The zero-order valence-electron chi connectivity index (χ0n) is 45.9. The summed E-state index contributed by atoms with van der Waals surface area (Å²) in [5, 5.41) is 31.4. The molecule has 0 aromatic rings. The van der Waals surface area contributed by atoms with Crippen molar-refractivity contribution in [3.8, 4) is 0 Å². The smallest absolute Gasteiger partial charge is 0.335 e. The summed E-state index contributed by atoms with van der Waals surface area (Å²) in [4.78, 5) is 51.0. The third-order valence-electron chi connectivity index (χ3n) is 12.8. The van der Waals surface area contributed by atoms with Crippen molar-refractivity contribution in [3.05, 3.63) is 72.9 Å². The number of ether oxygens (including phenoxy) is 5. The number of hydrogen-bond donors (Lipinski definition) is 3. The van der Waals surface area contributed by atoms with Crippen molar-refractivity contribution in [2.75, 3.05) is 13.2 Å². The Hall–Kier alpha value is -3.84. The molecule has 3 N–H and O–H groups in total. The Morgan fingerprint density at radius 1 is 0.466 bits per heavy atom. The fourth-order valence-corrected chi connectivity index (χ4v) is 8.35. The van der Waals surface area contributed by atoms with E-state index in [2.05, 4.69) is 75.5 Å². The predicted molar refractivity (Wildman–Crippen MR) is 294 cm³/mol. The molecule has 6 unspecified atom stereocenters. The highest BCUT2D eigenvalue weighted by Crippen LogP contribution is 2.26. The van der Waals surface area contributed by atoms with Gasteiger partial charge in [0.05, 0.1) is 6.61 Å². The maximum Gasteiger partial charge on any atom is 0.335 e. The van der Waals surface area contributed by atoms with Crippen molar-refractivity contribution in [1.29, 1.82) is 0 Å². The number of carbonyl (C=O) groups is 4. The van der Waals surface area contributed by atoms with Gasteiger partial charge < -0.3 is 39.0 Å². The second-order valence-electron chi connectivity index (χ2n) is 19.5. The van der Waals surface area contributed by atoms with Gasteiger partial charge in [0, 0.05) is 19.3 Å². The summed E-state index contributed by atoms with van der Waals surface area (Å²) in [5.41, 5.74) is 0. The lowest BCUT2D eigenvalue weighted by molar-refractivity contribution is -0.301. The van der Waals surface area contributed by atoms with Crippen molar-refractivity contribution in [1.82, 2.24) is 0 Å². The van der Waals surface area contributed by atoms with Crippen LogP contribution in [-0.2, 0) is 42.9 Å². The van der Waals surface area contributed by atoms with Gasteiger partial charge in [-0.3, -0.25) is 14.4 Å². The van der Waals surface area contributed by atoms with E-state index in [-0.39, 0.29) is 25.9 Å². The van der Waals surface area contributed by atoms with Crippen LogP contribution < -0.4 is 0 Å². The lowest BCUT2D eigenvalue weighted by atomic mass is 9.98. The average Bonchev–Trinajstić information content (AvgIpc) is 3.37. The second kappa shape index (κ2) is 49.1. The van der Waals surface area contributed by atoms with Crippen LogP contribution in [0.25, 0.3) is 0 Å². The molecule has 1 rings (SSSR count). The van der Waals surface area contributed by atoms with E-state index in [9.17, 15) is 34.5 Å². The number of aliphatic carboxylic acids is 1. The number of carboxylic acids is 1. The molecule has 0 spiro atoms. The summed E-state index contributed by atoms with van der Waals surface area (Å²) in [6.45, 7) is 5.80. The van der Waals surface area contributed by atoms with Crippen LogP contribution in [0.15, 0.2) is 72.9 Å². The molecule has 1 heterocycles. The molecule has 12 nitrogen and oxygen atoms in total. The van der Waals surface area contributed by atoms with Crippen LogP contribution >= 0.6 is 0 Å². The van der Waals surface area contributed by atoms with Gasteiger partial charge in [-0.1, -0.05) is 216 Å². The molecule has 418 valence electrons. The monoisotopic (exact) mass is 1030 g/mol. The second-order valence-corrected chi connectivity index (χ2v) is 19.5. The molecule has 0 aromatic heterocycles. The van der Waals surface area contributed by atoms with E-state index in [0.29, 0.717) is 25.7 Å². The number of hydrogen-bond acceptors (Lipinski definition) is 11. The van der Waals surface area contributed by atoms with Crippen LogP contribution in [0.1, 0.15) is 239 Å². The maximum atomic E-state index is 13.1. The standard InChI is InChI=1S/C61H102O12/c1-4-7-10-13-16-19-22-24-25-26-27-28-29-31-33-35-38-41-44-47-53(62)69-50-52(71-54(63)48-45-42-39-36-32-21-18-15-12-9-6-3)51-70-61-59(57(66)56(65)58(73-61)60(67)68)72-55(64)49-46-43-40-37-34-30-23-20-17-14-11-8-5-2/h8,11,16-17,19-20,24-25,30,34,40,43,52,56-59,61,65-66H,4-7,9-10,12-15,18,21-23,26-29,31-33,35-39,41-42,44-51H2,1-3H3,(H,67,68)/b11-8-,19-16-,20-17-,25-24-,34-30-,43-40-. The fraction of sp³-hybridized carbons (Fsp3) is 0.738. The Morgan fingerprint density at radius 2 is 0.890 bits per heavy atom. The molecule has 1 aliphatic rings. The third kappa shape index (κ3) is 39.3. The molecule has 1 saturated heterocycles. The Kier molecular flexibility index (Phi) is 45.1. The van der Waals surface area contributed by atoms with Gasteiger partial charge in [0.25, 0.3) is 0 Å². The molecular formula is C61H102O12. The van der Waals surface area contributed by atoms with Crippen LogP contribution in [-0.4, -0.2) is 89.2 Å². The first-order valence-corrected chi connectivity index (χ1v) is 28.9. The molecular weight excluding hydrogens is 925 g/mol. The van der Waals surface area contributed by atoms with E-state index in [1.165, 1.54) is 103 Å². The van der Waals surface area contributed by atoms with Crippen molar-refractivity contribution < 1.29 is 58.2 Å². The van der Waals surface area contributed by atoms with Gasteiger partial charge >= 0.3 is 23.9 Å². The first-order valence-electron chi connectivity index (χ1n) is 28.9. The van der Waals surface area contributed by atoms with Gasteiger partial charge in [-0.05, 0) is 77.0 Å². The van der Waals surface area contributed by atoms with Gasteiger partial charge in [-0.15, -0.1) is 0 Å². The number of unbranched alkanes of at least 4 members (excludes halogenated alkanes) is 22. The van der Waals surface area contributed by atoms with Crippen molar-refractivity contribution in [2.45, 2.75) is 276 Å². The van der Waals surface area contributed by atoms with Crippen LogP contribution in [0.3, 0.4) is 0 Å². The zero-order chi connectivity index (χ0) is 53.3. The number of carbonyl (C=O) groups excluding carboxylic acids is 3. The fourth-order valence-electron chi connectivity index (χ4n) is 8.35. The quantitative estimate of drug-likeness (QED) is 0.0228. The van der Waals surface area contributed by atoms with E-state index < -0.39 is 67.3 Å². The molecule has 0 saturated carbocycles. The summed E-state index contributed by atoms with van der Waals surface area (Å²) >= 11 is 0. The number of carboxylic acid groups (broad SMARTS) is 1. The average molecular weight is 1030 g/mol. The molecule has 12 heteroatoms. The Balaban J connectivity index is 2.69. The van der Waals surface area contributed by atoms with E-state index in [4.69, 9.17) is 23.7 Å². The normalized spacial score (nSPS) is 18.8. The van der Waals surface area contributed by atoms with Gasteiger partial charge in [-0.25, -0.2) is 4.79 Å². The van der Waals surface area contributed by atoms with E-state index >= 15 is 0 Å².